The molecular formula is C22H22N8. The summed E-state index contributed by atoms with van der Waals surface area (Å²) in [5.41, 5.74) is 2.38. The average Bonchev–Trinajstić information content (AvgIpc) is 2.80. The third-order valence-electron chi connectivity index (χ3n) is 3.92. The Hall–Kier alpha value is -3.94. The van der Waals surface area contributed by atoms with Crippen LogP contribution in [0.5, 0.6) is 0 Å². The fourth-order valence-electron chi connectivity index (χ4n) is 2.39. The molecule has 2 aromatic carbocycles. The van der Waals surface area contributed by atoms with Gasteiger partial charge in [0, 0.05) is 6.42 Å². The van der Waals surface area contributed by atoms with Crippen molar-refractivity contribution in [2.75, 3.05) is 0 Å². The summed E-state index contributed by atoms with van der Waals surface area (Å²) in [6.07, 6.45) is 5.42. The van der Waals surface area contributed by atoms with Gasteiger partial charge in [-0.25, -0.2) is 0 Å². The minimum atomic E-state index is 0.518. The summed E-state index contributed by atoms with van der Waals surface area (Å²) in [6.45, 7) is 3.53. The molecule has 0 aliphatic rings. The summed E-state index contributed by atoms with van der Waals surface area (Å²) in [5.74, 6) is 2.40. The van der Waals surface area contributed by atoms with Gasteiger partial charge in [0.25, 0.3) is 0 Å². The Morgan fingerprint density at radius 1 is 0.567 bits per heavy atom. The molecule has 0 saturated carbocycles. The normalized spacial score (nSPS) is 10.5. The van der Waals surface area contributed by atoms with E-state index in [9.17, 15) is 0 Å². The third kappa shape index (κ3) is 7.23. The molecule has 30 heavy (non-hydrogen) atoms. The fourth-order valence-corrected chi connectivity index (χ4v) is 2.39. The van der Waals surface area contributed by atoms with Crippen molar-refractivity contribution in [3.8, 4) is 0 Å². The van der Waals surface area contributed by atoms with Crippen LogP contribution in [0.15, 0.2) is 60.7 Å². The second-order valence-electron chi connectivity index (χ2n) is 6.40. The average molecular weight is 398 g/mol. The molecule has 2 aromatic heterocycles. The van der Waals surface area contributed by atoms with Crippen LogP contribution in [0.4, 0.5) is 0 Å². The molecule has 2 heterocycles. The molecule has 0 radical (unpaired) electrons. The number of aromatic nitrogens is 8. The fraction of sp³-hybridized carbons (Fsp3) is 0.182. The first kappa shape index (κ1) is 20.8. The van der Waals surface area contributed by atoms with Crippen molar-refractivity contribution in [1.82, 2.24) is 40.8 Å². The number of hydrogen-bond donors (Lipinski definition) is 0. The highest BCUT2D eigenvalue weighted by atomic mass is 15.3. The maximum atomic E-state index is 3.97. The maximum absolute atomic E-state index is 3.97. The maximum Gasteiger partial charge on any atom is 0.196 e. The number of nitrogens with zero attached hydrogens (tertiary/aromatic N) is 8. The molecule has 0 unspecified atom stereocenters. The molecule has 0 atom stereocenters. The highest BCUT2D eigenvalue weighted by molar-refractivity contribution is 5.65. The summed E-state index contributed by atoms with van der Waals surface area (Å²) in [4.78, 5) is 0. The lowest BCUT2D eigenvalue weighted by molar-refractivity contribution is 0.716. The number of benzene rings is 2. The van der Waals surface area contributed by atoms with Crippen molar-refractivity contribution in [3.05, 3.63) is 95.1 Å². The Bertz CT molecular complexity index is 1030. The Kier molecular flexibility index (Phi) is 7.73. The van der Waals surface area contributed by atoms with Gasteiger partial charge in [0.15, 0.2) is 23.3 Å². The highest BCUT2D eigenvalue weighted by Gasteiger charge is 1.99. The van der Waals surface area contributed by atoms with E-state index in [1.165, 1.54) is 5.56 Å². The van der Waals surface area contributed by atoms with E-state index >= 15 is 0 Å². The molecule has 0 aliphatic heterocycles. The van der Waals surface area contributed by atoms with Crippen LogP contribution in [0.3, 0.4) is 0 Å². The first-order chi connectivity index (χ1) is 14.7. The van der Waals surface area contributed by atoms with Gasteiger partial charge in [-0.2, -0.15) is 0 Å². The summed E-state index contributed by atoms with van der Waals surface area (Å²) < 4.78 is 0. The van der Waals surface area contributed by atoms with Crippen LogP contribution < -0.4 is 0 Å². The Balaban J connectivity index is 0.000000171. The lowest BCUT2D eigenvalue weighted by atomic mass is 10.1. The Labute approximate surface area is 175 Å². The Morgan fingerprint density at radius 3 is 1.70 bits per heavy atom. The molecule has 0 spiro atoms. The van der Waals surface area contributed by atoms with Crippen molar-refractivity contribution in [1.29, 1.82) is 0 Å². The van der Waals surface area contributed by atoms with E-state index in [-0.39, 0.29) is 0 Å². The van der Waals surface area contributed by atoms with Crippen LogP contribution in [0, 0.1) is 13.8 Å². The first-order valence-corrected chi connectivity index (χ1v) is 9.53. The van der Waals surface area contributed by atoms with Crippen molar-refractivity contribution >= 4 is 12.2 Å². The van der Waals surface area contributed by atoms with Crippen LogP contribution in [0.2, 0.25) is 0 Å². The molecule has 0 aliphatic carbocycles. The van der Waals surface area contributed by atoms with E-state index in [0.717, 1.165) is 18.4 Å². The zero-order valence-corrected chi connectivity index (χ0v) is 16.9. The lowest BCUT2D eigenvalue weighted by Gasteiger charge is -1.98. The van der Waals surface area contributed by atoms with E-state index in [0.29, 0.717) is 23.3 Å². The van der Waals surface area contributed by atoms with E-state index < -0.39 is 0 Å². The SMILES string of the molecule is Cc1nnc(/C=C/c2ccccc2)nn1.Cc1nnc(CCc2ccccc2)nn1. The topological polar surface area (TPSA) is 103 Å². The van der Waals surface area contributed by atoms with Crippen molar-refractivity contribution in [3.63, 3.8) is 0 Å². The molecular weight excluding hydrogens is 376 g/mol. The first-order valence-electron chi connectivity index (χ1n) is 9.53. The second kappa shape index (κ2) is 11.2. The second-order valence-corrected chi connectivity index (χ2v) is 6.40. The van der Waals surface area contributed by atoms with Crippen LogP contribution >= 0.6 is 0 Å². The zero-order valence-electron chi connectivity index (χ0n) is 16.9. The molecule has 0 N–H and O–H groups in total. The van der Waals surface area contributed by atoms with Crippen LogP contribution in [0.1, 0.15) is 34.4 Å². The molecule has 4 aromatic rings. The molecule has 0 saturated heterocycles. The third-order valence-corrected chi connectivity index (χ3v) is 3.92. The van der Waals surface area contributed by atoms with E-state index in [4.69, 9.17) is 0 Å². The van der Waals surface area contributed by atoms with Gasteiger partial charge in [-0.3, -0.25) is 0 Å². The minimum absolute atomic E-state index is 0.518. The molecule has 0 amide bonds. The van der Waals surface area contributed by atoms with Crippen molar-refractivity contribution in [2.45, 2.75) is 26.7 Å². The molecule has 4 rings (SSSR count). The zero-order chi connectivity index (χ0) is 21.0. The van der Waals surface area contributed by atoms with Crippen molar-refractivity contribution in [2.24, 2.45) is 0 Å². The standard InChI is InChI=1S/C11H12N4.C11H10N4/c2*1-9-12-14-11(15-13-9)8-7-10-5-3-2-4-6-10/h2-6H,7-8H2,1H3;2-8H,1H3/b;8-7+. The molecule has 8 heteroatoms. The number of hydrogen-bond acceptors (Lipinski definition) is 8. The van der Waals surface area contributed by atoms with Gasteiger partial charge in [-0.1, -0.05) is 66.7 Å². The van der Waals surface area contributed by atoms with Crippen molar-refractivity contribution < 1.29 is 0 Å². The van der Waals surface area contributed by atoms with E-state index in [1.54, 1.807) is 19.9 Å². The van der Waals surface area contributed by atoms with Gasteiger partial charge in [0.1, 0.15) is 0 Å². The quantitative estimate of drug-likeness (QED) is 0.505. The van der Waals surface area contributed by atoms with Gasteiger partial charge >= 0.3 is 0 Å². The number of rotatable bonds is 5. The van der Waals surface area contributed by atoms with Crippen LogP contribution in [-0.4, -0.2) is 40.8 Å². The summed E-state index contributed by atoms with van der Waals surface area (Å²) in [7, 11) is 0. The van der Waals surface area contributed by atoms with Gasteiger partial charge in [-0.05, 0) is 37.5 Å². The molecule has 0 bridgehead atoms. The van der Waals surface area contributed by atoms with Gasteiger partial charge < -0.3 is 0 Å². The summed E-state index contributed by atoms with van der Waals surface area (Å²) in [6, 6.07) is 20.2. The van der Waals surface area contributed by atoms with E-state index in [2.05, 4.69) is 52.9 Å². The summed E-state index contributed by atoms with van der Waals surface area (Å²) in [5, 5.41) is 31.1. The largest absolute Gasteiger partial charge is 0.196 e. The smallest absolute Gasteiger partial charge is 0.132 e. The predicted octanol–water partition coefficient (Wildman–Crippen LogP) is 3.11. The van der Waals surface area contributed by atoms with Gasteiger partial charge in [-0.15, -0.1) is 40.8 Å². The van der Waals surface area contributed by atoms with Gasteiger partial charge in [0.05, 0.1) is 0 Å². The van der Waals surface area contributed by atoms with E-state index in [1.807, 2.05) is 54.6 Å². The predicted molar refractivity (Wildman–Crippen MR) is 114 cm³/mol. The van der Waals surface area contributed by atoms with Crippen LogP contribution in [0.25, 0.3) is 12.2 Å². The molecule has 150 valence electrons. The molecule has 8 nitrogen and oxygen atoms in total. The number of aryl methyl sites for hydroxylation is 4. The lowest BCUT2D eigenvalue weighted by Crippen LogP contribution is -2.03. The Morgan fingerprint density at radius 2 is 1.10 bits per heavy atom. The van der Waals surface area contributed by atoms with Gasteiger partial charge in [0.2, 0.25) is 0 Å². The highest BCUT2D eigenvalue weighted by Crippen LogP contribution is 2.03. The molecule has 0 fully saturated rings. The van der Waals surface area contributed by atoms with Crippen LogP contribution in [-0.2, 0) is 12.8 Å². The minimum Gasteiger partial charge on any atom is -0.132 e. The summed E-state index contributed by atoms with van der Waals surface area (Å²) >= 11 is 0. The monoisotopic (exact) mass is 398 g/mol.